The Bertz CT molecular complexity index is 861. The van der Waals surface area contributed by atoms with Crippen LogP contribution in [-0.2, 0) is 17.8 Å². The summed E-state index contributed by atoms with van der Waals surface area (Å²) in [6, 6.07) is 13.2. The summed E-state index contributed by atoms with van der Waals surface area (Å²) in [4.78, 5) is 11.4. The van der Waals surface area contributed by atoms with Crippen molar-refractivity contribution in [2.45, 2.75) is 20.0 Å². The Kier molecular flexibility index (Phi) is 4.17. The maximum absolute atomic E-state index is 11.4. The second kappa shape index (κ2) is 6.26. The van der Waals surface area contributed by atoms with Crippen LogP contribution >= 0.6 is 0 Å². The first-order chi connectivity index (χ1) is 11.1. The number of rotatable bonds is 5. The van der Waals surface area contributed by atoms with Gasteiger partial charge in [0.15, 0.2) is 0 Å². The van der Waals surface area contributed by atoms with Gasteiger partial charge in [0.1, 0.15) is 18.0 Å². The van der Waals surface area contributed by atoms with Crippen LogP contribution in [0.15, 0.2) is 46.9 Å². The van der Waals surface area contributed by atoms with E-state index in [-0.39, 0.29) is 5.56 Å². The molecular formula is C19H18O4. The lowest BCUT2D eigenvalue weighted by Gasteiger charge is -2.07. The minimum absolute atomic E-state index is 0.249. The molecule has 0 unspecified atom stereocenters. The van der Waals surface area contributed by atoms with E-state index in [1.165, 1.54) is 5.56 Å². The molecule has 0 saturated heterocycles. The second-order valence-electron chi connectivity index (χ2n) is 5.45. The topological polar surface area (TPSA) is 59.7 Å². The fourth-order valence-corrected chi connectivity index (χ4v) is 2.72. The number of ether oxygens (including phenoxy) is 1. The number of methoxy groups -OCH3 is 1. The predicted molar refractivity (Wildman–Crippen MR) is 88.7 cm³/mol. The molecule has 0 atom stereocenters. The Morgan fingerprint density at radius 2 is 2.04 bits per heavy atom. The standard InChI is InChI=1S/C19H18O4/c1-3-12-5-4-6-13(7-12)17-10-15(19(20)21)8-14-9-16(11-22-2)23-18(14)17/h4-10H,3,11H2,1-2H3,(H,20,21). The number of benzene rings is 2. The number of carbonyl (C=O) groups is 1. The molecule has 0 aliphatic heterocycles. The van der Waals surface area contributed by atoms with Crippen LogP contribution in [0.4, 0.5) is 0 Å². The summed E-state index contributed by atoms with van der Waals surface area (Å²) < 4.78 is 11.0. The molecule has 4 heteroatoms. The highest BCUT2D eigenvalue weighted by Crippen LogP contribution is 2.33. The number of carboxylic acid groups (broad SMARTS) is 1. The molecule has 3 rings (SSSR count). The number of fused-ring (bicyclic) bond motifs is 1. The normalized spacial score (nSPS) is 11.0. The fourth-order valence-electron chi connectivity index (χ4n) is 2.72. The number of aromatic carboxylic acids is 1. The van der Waals surface area contributed by atoms with Gasteiger partial charge in [-0.1, -0.05) is 31.2 Å². The highest BCUT2D eigenvalue weighted by atomic mass is 16.5. The first-order valence-corrected chi connectivity index (χ1v) is 7.50. The smallest absolute Gasteiger partial charge is 0.335 e. The zero-order valence-corrected chi connectivity index (χ0v) is 13.1. The summed E-state index contributed by atoms with van der Waals surface area (Å²) in [6.45, 7) is 2.44. The van der Waals surface area contributed by atoms with Crippen molar-refractivity contribution < 1.29 is 19.1 Å². The van der Waals surface area contributed by atoms with E-state index in [0.29, 0.717) is 18.0 Å². The molecule has 0 aliphatic carbocycles. The van der Waals surface area contributed by atoms with Gasteiger partial charge < -0.3 is 14.3 Å². The van der Waals surface area contributed by atoms with Crippen LogP contribution in [0, 0.1) is 0 Å². The predicted octanol–water partition coefficient (Wildman–Crippen LogP) is 4.51. The van der Waals surface area contributed by atoms with E-state index in [9.17, 15) is 9.90 Å². The Labute approximate surface area is 134 Å². The zero-order valence-electron chi connectivity index (χ0n) is 13.1. The molecule has 2 aromatic carbocycles. The van der Waals surface area contributed by atoms with Gasteiger partial charge in [-0.05, 0) is 35.7 Å². The summed E-state index contributed by atoms with van der Waals surface area (Å²) in [6.07, 6.45) is 0.919. The summed E-state index contributed by atoms with van der Waals surface area (Å²) in [7, 11) is 1.60. The van der Waals surface area contributed by atoms with Crippen LogP contribution in [0.3, 0.4) is 0 Å². The molecule has 0 aliphatic rings. The highest BCUT2D eigenvalue weighted by Gasteiger charge is 2.15. The van der Waals surface area contributed by atoms with Crippen molar-refractivity contribution in [2.24, 2.45) is 0 Å². The molecule has 0 bridgehead atoms. The lowest BCUT2D eigenvalue weighted by molar-refractivity contribution is 0.0697. The largest absolute Gasteiger partial charge is 0.478 e. The fraction of sp³-hybridized carbons (Fsp3) is 0.211. The number of carboxylic acids is 1. The monoisotopic (exact) mass is 310 g/mol. The van der Waals surface area contributed by atoms with Crippen LogP contribution < -0.4 is 0 Å². The van der Waals surface area contributed by atoms with E-state index < -0.39 is 5.97 Å². The molecule has 23 heavy (non-hydrogen) atoms. The third kappa shape index (κ3) is 2.98. The molecule has 0 amide bonds. The number of hydrogen-bond acceptors (Lipinski definition) is 3. The van der Waals surface area contributed by atoms with Gasteiger partial charge in [0.2, 0.25) is 0 Å². The van der Waals surface area contributed by atoms with Crippen molar-refractivity contribution in [3.63, 3.8) is 0 Å². The van der Waals surface area contributed by atoms with Gasteiger partial charge >= 0.3 is 5.97 Å². The van der Waals surface area contributed by atoms with E-state index in [4.69, 9.17) is 9.15 Å². The average Bonchev–Trinajstić information content (AvgIpc) is 2.96. The van der Waals surface area contributed by atoms with Gasteiger partial charge in [0, 0.05) is 18.1 Å². The minimum atomic E-state index is -0.950. The third-order valence-electron chi connectivity index (χ3n) is 3.85. The minimum Gasteiger partial charge on any atom is -0.478 e. The van der Waals surface area contributed by atoms with E-state index in [0.717, 1.165) is 22.9 Å². The summed E-state index contributed by atoms with van der Waals surface area (Å²) in [5.41, 5.74) is 3.88. The lowest BCUT2D eigenvalue weighted by Crippen LogP contribution is -1.96. The number of furan rings is 1. The van der Waals surface area contributed by atoms with Crippen molar-refractivity contribution in [2.75, 3.05) is 7.11 Å². The maximum atomic E-state index is 11.4. The SMILES string of the molecule is CCc1cccc(-c2cc(C(=O)O)cc3cc(COC)oc23)c1. The van der Waals surface area contributed by atoms with Crippen molar-refractivity contribution in [3.8, 4) is 11.1 Å². The quantitative estimate of drug-likeness (QED) is 0.753. The summed E-state index contributed by atoms with van der Waals surface area (Å²) in [5.74, 6) is -0.271. The lowest BCUT2D eigenvalue weighted by atomic mass is 9.98. The molecule has 1 aromatic heterocycles. The first kappa shape index (κ1) is 15.3. The van der Waals surface area contributed by atoms with Crippen molar-refractivity contribution in [3.05, 3.63) is 59.4 Å². The Hall–Kier alpha value is -2.59. The number of hydrogen-bond donors (Lipinski definition) is 1. The molecule has 3 aromatic rings. The molecule has 0 spiro atoms. The molecule has 1 heterocycles. The number of aryl methyl sites for hydroxylation is 1. The first-order valence-electron chi connectivity index (χ1n) is 7.50. The molecular weight excluding hydrogens is 292 g/mol. The van der Waals surface area contributed by atoms with Crippen LogP contribution in [0.1, 0.15) is 28.6 Å². The molecule has 1 N–H and O–H groups in total. The second-order valence-corrected chi connectivity index (χ2v) is 5.45. The van der Waals surface area contributed by atoms with Crippen LogP contribution in [0.2, 0.25) is 0 Å². The summed E-state index contributed by atoms with van der Waals surface area (Å²) >= 11 is 0. The Morgan fingerprint density at radius 3 is 2.74 bits per heavy atom. The van der Waals surface area contributed by atoms with Crippen LogP contribution in [-0.4, -0.2) is 18.2 Å². The average molecular weight is 310 g/mol. The van der Waals surface area contributed by atoms with E-state index in [2.05, 4.69) is 19.1 Å². The van der Waals surface area contributed by atoms with Gasteiger partial charge in [-0.3, -0.25) is 0 Å². The van der Waals surface area contributed by atoms with E-state index in [1.807, 2.05) is 18.2 Å². The molecule has 0 saturated carbocycles. The van der Waals surface area contributed by atoms with Crippen LogP contribution in [0.25, 0.3) is 22.1 Å². The van der Waals surface area contributed by atoms with E-state index >= 15 is 0 Å². The van der Waals surface area contributed by atoms with Crippen molar-refractivity contribution in [1.29, 1.82) is 0 Å². The maximum Gasteiger partial charge on any atom is 0.335 e. The molecule has 118 valence electrons. The van der Waals surface area contributed by atoms with Gasteiger partial charge in [0.25, 0.3) is 0 Å². The molecule has 0 radical (unpaired) electrons. The molecule has 4 nitrogen and oxygen atoms in total. The highest BCUT2D eigenvalue weighted by molar-refractivity contribution is 6.00. The Balaban J connectivity index is 2.25. The summed E-state index contributed by atoms with van der Waals surface area (Å²) in [5, 5.41) is 10.1. The van der Waals surface area contributed by atoms with Gasteiger partial charge in [-0.25, -0.2) is 4.79 Å². The van der Waals surface area contributed by atoms with Crippen molar-refractivity contribution in [1.82, 2.24) is 0 Å². The zero-order chi connectivity index (χ0) is 16.4. The van der Waals surface area contributed by atoms with Gasteiger partial charge in [-0.15, -0.1) is 0 Å². The van der Waals surface area contributed by atoms with Gasteiger partial charge in [0.05, 0.1) is 5.56 Å². The van der Waals surface area contributed by atoms with Gasteiger partial charge in [-0.2, -0.15) is 0 Å². The molecule has 0 fully saturated rings. The Morgan fingerprint density at radius 1 is 1.22 bits per heavy atom. The van der Waals surface area contributed by atoms with Crippen molar-refractivity contribution >= 4 is 16.9 Å². The van der Waals surface area contributed by atoms with E-state index in [1.54, 1.807) is 19.2 Å². The van der Waals surface area contributed by atoms with Crippen LogP contribution in [0.5, 0.6) is 0 Å². The third-order valence-corrected chi connectivity index (χ3v) is 3.85.